The van der Waals surface area contributed by atoms with Crippen molar-refractivity contribution in [1.29, 1.82) is 0 Å². The summed E-state index contributed by atoms with van der Waals surface area (Å²) >= 11 is 0. The normalized spacial score (nSPS) is 21.0. The summed E-state index contributed by atoms with van der Waals surface area (Å²) in [5.41, 5.74) is 22.2. The van der Waals surface area contributed by atoms with Gasteiger partial charge in [-0.2, -0.15) is 0 Å². The largest absolute Gasteiger partial charge is 0.310 e. The lowest BCUT2D eigenvalue weighted by atomic mass is 9.48. The lowest BCUT2D eigenvalue weighted by Crippen LogP contribution is -2.48. The highest BCUT2D eigenvalue weighted by molar-refractivity contribution is 5.89. The van der Waals surface area contributed by atoms with E-state index in [2.05, 4.69) is 260 Å². The Kier molecular flexibility index (Phi) is 9.65. The minimum atomic E-state index is -0.529. The van der Waals surface area contributed by atoms with Crippen molar-refractivity contribution in [2.75, 3.05) is 4.90 Å². The van der Waals surface area contributed by atoms with Crippen molar-refractivity contribution in [3.63, 3.8) is 0 Å². The Hall–Kier alpha value is -8.00. The minimum Gasteiger partial charge on any atom is -0.310 e. The number of nitrogens with zero attached hydrogens (tertiary/aromatic N) is 1. The molecule has 73 heavy (non-hydrogen) atoms. The van der Waals surface area contributed by atoms with E-state index in [0.29, 0.717) is 5.41 Å². The van der Waals surface area contributed by atoms with Crippen LogP contribution < -0.4 is 4.90 Å². The van der Waals surface area contributed by atoms with Gasteiger partial charge in [0, 0.05) is 17.1 Å². The van der Waals surface area contributed by atoms with Gasteiger partial charge in [0.15, 0.2) is 0 Å². The molecule has 6 aliphatic rings. The summed E-state index contributed by atoms with van der Waals surface area (Å²) in [5, 5.41) is 0. The van der Waals surface area contributed by atoms with E-state index < -0.39 is 10.8 Å². The second-order valence-corrected chi connectivity index (χ2v) is 22.2. The molecule has 1 nitrogen and oxygen atoms in total. The molecular formula is C72H57N. The van der Waals surface area contributed by atoms with Crippen molar-refractivity contribution in [2.45, 2.75) is 54.8 Å². The number of anilines is 3. The third kappa shape index (κ3) is 6.34. The van der Waals surface area contributed by atoms with Crippen LogP contribution in [-0.2, 0) is 16.2 Å². The van der Waals surface area contributed by atoms with Crippen LogP contribution in [0.5, 0.6) is 0 Å². The molecule has 10 aromatic rings. The van der Waals surface area contributed by atoms with E-state index in [0.717, 1.165) is 34.8 Å². The molecule has 0 aliphatic heterocycles. The Bertz CT molecular complexity index is 3410. The van der Waals surface area contributed by atoms with Crippen LogP contribution in [0.25, 0.3) is 33.4 Å². The van der Waals surface area contributed by atoms with Gasteiger partial charge in [0.1, 0.15) is 0 Å². The van der Waals surface area contributed by atoms with Gasteiger partial charge >= 0.3 is 0 Å². The first kappa shape index (κ1) is 42.7. The fourth-order valence-electron chi connectivity index (χ4n) is 15.9. The maximum Gasteiger partial charge on any atom is 0.0714 e. The lowest BCUT2D eigenvalue weighted by molar-refractivity contribution is -0.00518. The molecule has 6 aliphatic carbocycles. The van der Waals surface area contributed by atoms with Gasteiger partial charge in [-0.15, -0.1) is 0 Å². The Balaban J connectivity index is 0.905. The van der Waals surface area contributed by atoms with Crippen LogP contribution in [0.2, 0.25) is 0 Å². The summed E-state index contributed by atoms with van der Waals surface area (Å²) in [5.74, 6) is 2.81. The Morgan fingerprint density at radius 1 is 0.274 bits per heavy atom. The smallest absolute Gasteiger partial charge is 0.0714 e. The second-order valence-electron chi connectivity index (χ2n) is 22.2. The molecular weight excluding hydrogens is 879 g/mol. The molecule has 0 radical (unpaired) electrons. The molecule has 0 saturated heterocycles. The van der Waals surface area contributed by atoms with Gasteiger partial charge in [0.2, 0.25) is 0 Å². The fourth-order valence-corrected chi connectivity index (χ4v) is 15.9. The van der Waals surface area contributed by atoms with E-state index in [1.807, 2.05) is 0 Å². The Labute approximate surface area is 430 Å². The van der Waals surface area contributed by atoms with Crippen molar-refractivity contribution in [3.05, 3.63) is 305 Å². The van der Waals surface area contributed by atoms with E-state index in [1.54, 1.807) is 5.56 Å². The van der Waals surface area contributed by atoms with E-state index in [4.69, 9.17) is 0 Å². The van der Waals surface area contributed by atoms with Gasteiger partial charge < -0.3 is 4.90 Å². The number of hydrogen-bond donors (Lipinski definition) is 0. The topological polar surface area (TPSA) is 3.24 Å². The monoisotopic (exact) mass is 935 g/mol. The molecule has 16 rings (SSSR count). The highest BCUT2D eigenvalue weighted by Gasteiger charge is 2.52. The molecule has 4 saturated carbocycles. The van der Waals surface area contributed by atoms with Gasteiger partial charge in [0.05, 0.1) is 10.8 Å². The van der Waals surface area contributed by atoms with Crippen molar-refractivity contribution in [3.8, 4) is 33.4 Å². The van der Waals surface area contributed by atoms with E-state index in [1.165, 1.54) is 116 Å². The van der Waals surface area contributed by atoms with Crippen LogP contribution in [0.4, 0.5) is 17.1 Å². The van der Waals surface area contributed by atoms with E-state index >= 15 is 0 Å². The maximum absolute atomic E-state index is 2.50. The average Bonchev–Trinajstić information content (AvgIpc) is 3.93. The molecule has 0 aromatic heterocycles. The van der Waals surface area contributed by atoms with Gasteiger partial charge in [-0.3, -0.25) is 0 Å². The average molecular weight is 936 g/mol. The predicted octanol–water partition coefficient (Wildman–Crippen LogP) is 18.0. The zero-order chi connectivity index (χ0) is 48.1. The number of rotatable bonds is 9. The standard InChI is InChI=1S/C72H57N/c1-3-17-55(18-4-1)71(66-29-11-7-25-62(66)63-26-8-12-30-67(63)71)57-21-15-23-60(44-57)73(59-39-35-53(36-40-59)52-33-37-54(38-34-52)70-46-49-41-50(47-70)43-51(42-49)48-70)61-24-16-22-58(45-61)72(56-19-5-2-6-20-56)68-31-13-9-27-64(68)65-28-10-14-32-69(65)72/h1-40,44-45,49-51H,41-43,46-48H2. The van der Waals surface area contributed by atoms with Gasteiger partial charge in [-0.05, 0) is 182 Å². The third-order valence-corrected chi connectivity index (χ3v) is 18.4. The van der Waals surface area contributed by atoms with E-state index in [9.17, 15) is 0 Å². The fraction of sp³-hybridized carbons (Fsp3) is 0.167. The van der Waals surface area contributed by atoms with Crippen LogP contribution in [-0.4, -0.2) is 0 Å². The first-order valence-corrected chi connectivity index (χ1v) is 26.8. The van der Waals surface area contributed by atoms with Gasteiger partial charge in [0.25, 0.3) is 0 Å². The summed E-state index contributed by atoms with van der Waals surface area (Å²) in [7, 11) is 0. The van der Waals surface area contributed by atoms with E-state index in [-0.39, 0.29) is 0 Å². The summed E-state index contributed by atoms with van der Waals surface area (Å²) < 4.78 is 0. The SMILES string of the molecule is c1ccc(C2(c3cccc(N(c4ccc(-c5ccc(C67CC8CC(CC(C8)C6)C7)cc5)cc4)c4cccc(C5(c6ccccc6)c6ccccc6-c6ccccc65)c4)c3)c3ccccc3-c3ccccc32)cc1. The predicted molar refractivity (Wildman–Crippen MR) is 301 cm³/mol. The second kappa shape index (κ2) is 16.5. The number of fused-ring (bicyclic) bond motifs is 6. The maximum atomic E-state index is 2.50. The molecule has 0 atom stereocenters. The van der Waals surface area contributed by atoms with Crippen molar-refractivity contribution >= 4 is 17.1 Å². The van der Waals surface area contributed by atoms with Gasteiger partial charge in [-0.25, -0.2) is 0 Å². The van der Waals surface area contributed by atoms with Crippen molar-refractivity contribution < 1.29 is 0 Å². The van der Waals surface area contributed by atoms with Crippen LogP contribution in [0, 0.1) is 17.8 Å². The highest BCUT2D eigenvalue weighted by atomic mass is 15.1. The zero-order valence-corrected chi connectivity index (χ0v) is 41.2. The van der Waals surface area contributed by atoms with Crippen LogP contribution in [0.3, 0.4) is 0 Å². The molecule has 350 valence electrons. The molecule has 4 fully saturated rings. The quantitative estimate of drug-likeness (QED) is 0.139. The minimum absolute atomic E-state index is 0.393. The molecule has 4 bridgehead atoms. The van der Waals surface area contributed by atoms with Crippen LogP contribution in [0.15, 0.2) is 255 Å². The molecule has 0 amide bonds. The summed E-state index contributed by atoms with van der Waals surface area (Å²) in [4.78, 5) is 2.50. The van der Waals surface area contributed by atoms with Crippen molar-refractivity contribution in [1.82, 2.24) is 0 Å². The Morgan fingerprint density at radius 2 is 0.616 bits per heavy atom. The molecule has 10 aromatic carbocycles. The lowest BCUT2D eigenvalue weighted by Gasteiger charge is -2.57. The molecule has 0 spiro atoms. The molecule has 1 heteroatoms. The van der Waals surface area contributed by atoms with Crippen molar-refractivity contribution in [2.24, 2.45) is 17.8 Å². The van der Waals surface area contributed by atoms with Crippen LogP contribution >= 0.6 is 0 Å². The number of benzene rings is 10. The molecule has 0 heterocycles. The molecule has 0 N–H and O–H groups in total. The first-order valence-electron chi connectivity index (χ1n) is 26.8. The summed E-state index contributed by atoms with van der Waals surface area (Å²) in [6.07, 6.45) is 8.59. The Morgan fingerprint density at radius 3 is 1.01 bits per heavy atom. The first-order chi connectivity index (χ1) is 36.1. The molecule has 0 unspecified atom stereocenters. The summed E-state index contributed by atoms with van der Waals surface area (Å²) in [6.45, 7) is 0. The van der Waals surface area contributed by atoms with Gasteiger partial charge in [-0.1, -0.05) is 218 Å². The van der Waals surface area contributed by atoms with Crippen LogP contribution in [0.1, 0.15) is 88.6 Å². The number of hydrogen-bond acceptors (Lipinski definition) is 1. The summed E-state index contributed by atoms with van der Waals surface area (Å²) in [6, 6.07) is 96.6. The third-order valence-electron chi connectivity index (χ3n) is 18.4. The highest BCUT2D eigenvalue weighted by Crippen LogP contribution is 2.62. The zero-order valence-electron chi connectivity index (χ0n) is 41.2.